The molecule has 5 heteroatoms. The van der Waals surface area contributed by atoms with Crippen LogP contribution >= 0.6 is 11.3 Å². The number of fused-ring (bicyclic) bond motifs is 1. The molecule has 0 aliphatic heterocycles. The molecule has 1 aromatic carbocycles. The lowest BCUT2D eigenvalue weighted by Gasteiger charge is -2.33. The number of aromatic nitrogens is 1. The number of ether oxygens (including phenoxy) is 1. The first-order chi connectivity index (χ1) is 9.60. The molecule has 106 valence electrons. The third kappa shape index (κ3) is 2.39. The molecule has 0 spiro atoms. The summed E-state index contributed by atoms with van der Waals surface area (Å²) in [6.07, 6.45) is 2.57. The standard InChI is InChI=1S/C15H19N3OS/c1-2-19-11-5-3-4-10(8-11)15(17)7-6-12-13(9-15)20-14(16)18-12/h3-5,8H,2,6-7,9,17H2,1H3,(H2,16,18)/t15-/m0/s1. The average molecular weight is 289 g/mol. The Bertz CT molecular complexity index is 625. The van der Waals surface area contributed by atoms with Gasteiger partial charge in [0.15, 0.2) is 5.13 Å². The van der Waals surface area contributed by atoms with E-state index >= 15 is 0 Å². The average Bonchev–Trinajstić information content (AvgIpc) is 2.78. The largest absolute Gasteiger partial charge is 0.494 e. The lowest BCUT2D eigenvalue weighted by atomic mass is 9.78. The van der Waals surface area contributed by atoms with E-state index in [0.717, 1.165) is 36.3 Å². The van der Waals surface area contributed by atoms with E-state index < -0.39 is 0 Å². The van der Waals surface area contributed by atoms with E-state index in [1.807, 2.05) is 19.1 Å². The van der Waals surface area contributed by atoms with Gasteiger partial charge < -0.3 is 16.2 Å². The highest BCUT2D eigenvalue weighted by Crippen LogP contribution is 2.38. The van der Waals surface area contributed by atoms with E-state index in [9.17, 15) is 0 Å². The van der Waals surface area contributed by atoms with Gasteiger partial charge in [-0.25, -0.2) is 4.98 Å². The summed E-state index contributed by atoms with van der Waals surface area (Å²) in [5, 5.41) is 0.641. The van der Waals surface area contributed by atoms with Crippen LogP contribution in [0.25, 0.3) is 0 Å². The molecule has 1 heterocycles. The number of benzene rings is 1. The smallest absolute Gasteiger partial charge is 0.180 e. The summed E-state index contributed by atoms with van der Waals surface area (Å²) >= 11 is 1.56. The Morgan fingerprint density at radius 2 is 2.30 bits per heavy atom. The van der Waals surface area contributed by atoms with Crippen LogP contribution in [0, 0.1) is 0 Å². The van der Waals surface area contributed by atoms with Gasteiger partial charge in [0.2, 0.25) is 0 Å². The van der Waals surface area contributed by atoms with Gasteiger partial charge in [-0.15, -0.1) is 11.3 Å². The molecule has 1 aromatic heterocycles. The van der Waals surface area contributed by atoms with Crippen molar-refractivity contribution in [1.82, 2.24) is 4.98 Å². The molecule has 0 bridgehead atoms. The first-order valence-electron chi connectivity index (χ1n) is 6.87. The van der Waals surface area contributed by atoms with Gasteiger partial charge in [0.25, 0.3) is 0 Å². The van der Waals surface area contributed by atoms with Crippen LogP contribution in [0.1, 0.15) is 29.5 Å². The minimum Gasteiger partial charge on any atom is -0.494 e. The van der Waals surface area contributed by atoms with Crippen LogP contribution in [0.4, 0.5) is 5.13 Å². The van der Waals surface area contributed by atoms with E-state index in [1.54, 1.807) is 11.3 Å². The lowest BCUT2D eigenvalue weighted by molar-refractivity contribution is 0.336. The number of hydrogen-bond donors (Lipinski definition) is 2. The predicted octanol–water partition coefficient (Wildman–Crippen LogP) is 2.47. The van der Waals surface area contributed by atoms with Crippen molar-refractivity contribution in [3.63, 3.8) is 0 Å². The molecule has 1 aliphatic carbocycles. The first-order valence-corrected chi connectivity index (χ1v) is 7.68. The molecule has 3 rings (SSSR count). The molecule has 20 heavy (non-hydrogen) atoms. The van der Waals surface area contributed by atoms with Gasteiger partial charge in [0.05, 0.1) is 12.3 Å². The predicted molar refractivity (Wildman–Crippen MR) is 82.0 cm³/mol. The Balaban J connectivity index is 1.91. The molecule has 2 aromatic rings. The molecule has 0 fully saturated rings. The van der Waals surface area contributed by atoms with Gasteiger partial charge in [0, 0.05) is 16.8 Å². The molecule has 0 radical (unpaired) electrons. The van der Waals surface area contributed by atoms with Crippen LogP contribution < -0.4 is 16.2 Å². The molecule has 1 aliphatic rings. The molecular formula is C15H19N3OS. The maximum Gasteiger partial charge on any atom is 0.180 e. The Labute approximate surface area is 122 Å². The van der Waals surface area contributed by atoms with E-state index in [-0.39, 0.29) is 5.54 Å². The second kappa shape index (κ2) is 5.07. The fourth-order valence-corrected chi connectivity index (χ4v) is 3.77. The third-order valence-electron chi connectivity index (χ3n) is 3.80. The van der Waals surface area contributed by atoms with Gasteiger partial charge in [-0.1, -0.05) is 12.1 Å². The highest BCUT2D eigenvalue weighted by molar-refractivity contribution is 7.15. The lowest BCUT2D eigenvalue weighted by Crippen LogP contribution is -2.41. The molecule has 0 amide bonds. The summed E-state index contributed by atoms with van der Waals surface area (Å²) in [4.78, 5) is 5.59. The highest BCUT2D eigenvalue weighted by Gasteiger charge is 2.34. The molecule has 1 atom stereocenters. The maximum absolute atomic E-state index is 6.65. The normalized spacial score (nSPS) is 21.5. The fraction of sp³-hybridized carbons (Fsp3) is 0.400. The zero-order chi connectivity index (χ0) is 14.2. The van der Waals surface area contributed by atoms with Crippen molar-refractivity contribution < 1.29 is 4.74 Å². The number of nitrogens with two attached hydrogens (primary N) is 2. The number of rotatable bonds is 3. The van der Waals surface area contributed by atoms with Crippen molar-refractivity contribution in [1.29, 1.82) is 0 Å². The minimum absolute atomic E-state index is 0.348. The zero-order valence-corrected chi connectivity index (χ0v) is 12.4. The van der Waals surface area contributed by atoms with E-state index in [2.05, 4.69) is 17.1 Å². The van der Waals surface area contributed by atoms with Gasteiger partial charge in [-0.3, -0.25) is 0 Å². The molecule has 0 unspecified atom stereocenters. The third-order valence-corrected chi connectivity index (χ3v) is 4.73. The monoisotopic (exact) mass is 289 g/mol. The first kappa shape index (κ1) is 13.4. The summed E-state index contributed by atoms with van der Waals surface area (Å²) in [6.45, 7) is 2.65. The molecule has 4 nitrogen and oxygen atoms in total. The number of nitrogens with zero attached hydrogens (tertiary/aromatic N) is 1. The summed E-state index contributed by atoms with van der Waals surface area (Å²) < 4.78 is 5.57. The van der Waals surface area contributed by atoms with Crippen molar-refractivity contribution >= 4 is 16.5 Å². The Morgan fingerprint density at radius 3 is 3.10 bits per heavy atom. The van der Waals surface area contributed by atoms with Crippen molar-refractivity contribution in [2.24, 2.45) is 5.73 Å². The number of aryl methyl sites for hydroxylation is 1. The van der Waals surface area contributed by atoms with Crippen LogP contribution in [-0.4, -0.2) is 11.6 Å². The molecule has 0 saturated heterocycles. The molecule has 4 N–H and O–H groups in total. The highest BCUT2D eigenvalue weighted by atomic mass is 32.1. The van der Waals surface area contributed by atoms with Crippen LogP contribution in [0.3, 0.4) is 0 Å². The molecule has 0 saturated carbocycles. The van der Waals surface area contributed by atoms with E-state index in [0.29, 0.717) is 11.7 Å². The Hall–Kier alpha value is -1.59. The topological polar surface area (TPSA) is 74.2 Å². The van der Waals surface area contributed by atoms with Crippen LogP contribution in [-0.2, 0) is 18.4 Å². The van der Waals surface area contributed by atoms with Crippen molar-refractivity contribution in [3.8, 4) is 5.75 Å². The zero-order valence-electron chi connectivity index (χ0n) is 11.6. The summed E-state index contributed by atoms with van der Waals surface area (Å²) in [7, 11) is 0. The van der Waals surface area contributed by atoms with Gasteiger partial charge in [-0.05, 0) is 37.5 Å². The maximum atomic E-state index is 6.65. The quantitative estimate of drug-likeness (QED) is 0.910. The minimum atomic E-state index is -0.348. The number of anilines is 1. The second-order valence-corrected chi connectivity index (χ2v) is 6.33. The molecular weight excluding hydrogens is 270 g/mol. The number of hydrogen-bond acceptors (Lipinski definition) is 5. The van der Waals surface area contributed by atoms with Crippen LogP contribution in [0.5, 0.6) is 5.75 Å². The van der Waals surface area contributed by atoms with Crippen molar-refractivity contribution in [2.75, 3.05) is 12.3 Å². The second-order valence-electron chi connectivity index (χ2n) is 5.22. The number of thiazole rings is 1. The van der Waals surface area contributed by atoms with Crippen molar-refractivity contribution in [3.05, 3.63) is 40.4 Å². The van der Waals surface area contributed by atoms with Gasteiger partial charge >= 0.3 is 0 Å². The fourth-order valence-electron chi connectivity index (χ4n) is 2.76. The summed E-state index contributed by atoms with van der Waals surface area (Å²) in [6, 6.07) is 8.11. The number of nitrogen functional groups attached to an aromatic ring is 1. The SMILES string of the molecule is CCOc1cccc([C@]2(N)CCc3nc(N)sc3C2)c1. The van der Waals surface area contributed by atoms with Crippen LogP contribution in [0.15, 0.2) is 24.3 Å². The van der Waals surface area contributed by atoms with E-state index in [4.69, 9.17) is 16.2 Å². The Morgan fingerprint density at radius 1 is 1.45 bits per heavy atom. The van der Waals surface area contributed by atoms with Gasteiger partial charge in [0.1, 0.15) is 5.75 Å². The van der Waals surface area contributed by atoms with Gasteiger partial charge in [-0.2, -0.15) is 0 Å². The van der Waals surface area contributed by atoms with E-state index in [1.165, 1.54) is 4.88 Å². The summed E-state index contributed by atoms with van der Waals surface area (Å²) in [5.41, 5.74) is 14.3. The summed E-state index contributed by atoms with van der Waals surface area (Å²) in [5.74, 6) is 0.879. The van der Waals surface area contributed by atoms with Crippen LogP contribution in [0.2, 0.25) is 0 Å². The Kier molecular flexibility index (Phi) is 3.40. The van der Waals surface area contributed by atoms with Crippen molar-refractivity contribution in [2.45, 2.75) is 31.7 Å².